The van der Waals surface area contributed by atoms with Crippen molar-refractivity contribution in [2.45, 2.75) is 4.90 Å². The molecule has 0 aliphatic carbocycles. The fraction of sp³-hybridized carbons (Fsp3) is 0.333. The molecule has 6 nitrogen and oxygen atoms in total. The van der Waals surface area contributed by atoms with Gasteiger partial charge < -0.3 is 15.2 Å². The van der Waals surface area contributed by atoms with Gasteiger partial charge in [0.05, 0.1) is 6.61 Å². The summed E-state index contributed by atoms with van der Waals surface area (Å²) in [6.45, 7) is 0.595. The Bertz CT molecular complexity index is 459. The first-order valence-corrected chi connectivity index (χ1v) is 6.04. The number of nitrogens with two attached hydrogens (primary N) is 2. The first-order valence-electron chi connectivity index (χ1n) is 4.49. The number of primary sulfonamides is 1. The van der Waals surface area contributed by atoms with Crippen LogP contribution >= 0.6 is 0 Å². The van der Waals surface area contributed by atoms with E-state index in [9.17, 15) is 8.42 Å². The third-order valence-corrected chi connectivity index (χ3v) is 2.75. The van der Waals surface area contributed by atoms with Crippen LogP contribution < -0.4 is 15.6 Å². The van der Waals surface area contributed by atoms with Crippen molar-refractivity contribution in [2.24, 2.45) is 5.14 Å². The topological polar surface area (TPSA) is 105 Å². The number of hydrogen-bond donors (Lipinski definition) is 2. The average Bonchev–Trinajstić information content (AvgIpc) is 2.19. The molecule has 0 aliphatic heterocycles. The molecule has 0 fully saturated rings. The second-order valence-electron chi connectivity index (χ2n) is 3.09. The van der Waals surface area contributed by atoms with E-state index in [-0.39, 0.29) is 17.3 Å². The molecule has 0 aliphatic rings. The van der Waals surface area contributed by atoms with E-state index in [0.29, 0.717) is 12.3 Å². The summed E-state index contributed by atoms with van der Waals surface area (Å²) in [5, 5.41) is 5.04. The molecule has 16 heavy (non-hydrogen) atoms. The largest absolute Gasteiger partial charge is 0.490 e. The Hall–Kier alpha value is -1.31. The Morgan fingerprint density at radius 3 is 2.56 bits per heavy atom. The lowest BCUT2D eigenvalue weighted by molar-refractivity contribution is 0.144. The second-order valence-corrected chi connectivity index (χ2v) is 4.62. The minimum atomic E-state index is -3.84. The summed E-state index contributed by atoms with van der Waals surface area (Å²) in [6, 6.07) is 4.26. The van der Waals surface area contributed by atoms with E-state index < -0.39 is 10.0 Å². The molecular weight excluding hydrogens is 232 g/mol. The van der Waals surface area contributed by atoms with Crippen molar-refractivity contribution in [3.8, 4) is 5.75 Å². The molecule has 0 atom stereocenters. The van der Waals surface area contributed by atoms with Crippen LogP contribution in [0, 0.1) is 0 Å². The first kappa shape index (κ1) is 12.8. The normalized spacial score (nSPS) is 11.4. The molecule has 0 spiro atoms. The highest BCUT2D eigenvalue weighted by Crippen LogP contribution is 2.24. The SMILES string of the molecule is COCCOc1ccc(N)cc1S(N)(=O)=O. The highest BCUT2D eigenvalue weighted by Gasteiger charge is 2.15. The minimum absolute atomic E-state index is 0.122. The van der Waals surface area contributed by atoms with Gasteiger partial charge in [-0.1, -0.05) is 0 Å². The molecule has 0 heterocycles. The summed E-state index contributed by atoms with van der Waals surface area (Å²) in [7, 11) is -2.32. The zero-order valence-corrected chi connectivity index (χ0v) is 9.66. The summed E-state index contributed by atoms with van der Waals surface area (Å²) >= 11 is 0. The van der Waals surface area contributed by atoms with E-state index in [1.54, 1.807) is 0 Å². The van der Waals surface area contributed by atoms with Crippen LogP contribution in [0.15, 0.2) is 23.1 Å². The van der Waals surface area contributed by atoms with Crippen molar-refractivity contribution in [1.82, 2.24) is 0 Å². The van der Waals surface area contributed by atoms with Crippen LogP contribution in [0.5, 0.6) is 5.75 Å². The lowest BCUT2D eigenvalue weighted by atomic mass is 10.3. The molecule has 0 radical (unpaired) electrons. The average molecular weight is 246 g/mol. The van der Waals surface area contributed by atoms with Gasteiger partial charge in [-0.05, 0) is 18.2 Å². The Labute approximate surface area is 94.2 Å². The number of ether oxygens (including phenoxy) is 2. The maximum atomic E-state index is 11.2. The van der Waals surface area contributed by atoms with Gasteiger partial charge in [0.25, 0.3) is 0 Å². The smallest absolute Gasteiger partial charge is 0.241 e. The quantitative estimate of drug-likeness (QED) is 0.559. The summed E-state index contributed by atoms with van der Waals surface area (Å²) in [6.07, 6.45) is 0. The fourth-order valence-electron chi connectivity index (χ4n) is 1.10. The van der Waals surface area contributed by atoms with Crippen LogP contribution in [-0.4, -0.2) is 28.7 Å². The van der Waals surface area contributed by atoms with Crippen LogP contribution in [0.4, 0.5) is 5.69 Å². The number of hydrogen-bond acceptors (Lipinski definition) is 5. The summed E-state index contributed by atoms with van der Waals surface area (Å²) in [5.41, 5.74) is 5.79. The summed E-state index contributed by atoms with van der Waals surface area (Å²) in [5.74, 6) is 0.175. The van der Waals surface area contributed by atoms with Crippen LogP contribution in [0.3, 0.4) is 0 Å². The van der Waals surface area contributed by atoms with E-state index in [4.69, 9.17) is 20.3 Å². The highest BCUT2D eigenvalue weighted by molar-refractivity contribution is 7.89. The third-order valence-electron chi connectivity index (χ3n) is 1.82. The molecule has 0 aromatic heterocycles. The zero-order valence-electron chi connectivity index (χ0n) is 8.84. The van der Waals surface area contributed by atoms with Gasteiger partial charge in [0, 0.05) is 12.8 Å². The van der Waals surface area contributed by atoms with Gasteiger partial charge >= 0.3 is 0 Å². The Morgan fingerprint density at radius 2 is 2.00 bits per heavy atom. The minimum Gasteiger partial charge on any atom is -0.490 e. The van der Waals surface area contributed by atoms with Gasteiger partial charge in [-0.3, -0.25) is 0 Å². The van der Waals surface area contributed by atoms with E-state index >= 15 is 0 Å². The van der Waals surface area contributed by atoms with Crippen molar-refractivity contribution in [3.63, 3.8) is 0 Å². The number of rotatable bonds is 5. The van der Waals surface area contributed by atoms with E-state index in [1.807, 2.05) is 0 Å². The van der Waals surface area contributed by atoms with Gasteiger partial charge in [-0.25, -0.2) is 13.6 Å². The molecule has 0 bridgehead atoms. The number of anilines is 1. The van der Waals surface area contributed by atoms with Crippen molar-refractivity contribution in [1.29, 1.82) is 0 Å². The van der Waals surface area contributed by atoms with E-state index in [1.165, 1.54) is 25.3 Å². The van der Waals surface area contributed by atoms with Gasteiger partial charge in [0.1, 0.15) is 17.3 Å². The van der Waals surface area contributed by atoms with E-state index in [2.05, 4.69) is 0 Å². The Kier molecular flexibility index (Phi) is 4.11. The van der Waals surface area contributed by atoms with Gasteiger partial charge in [0.2, 0.25) is 10.0 Å². The molecular formula is C9H14N2O4S. The fourth-order valence-corrected chi connectivity index (χ4v) is 1.81. The maximum absolute atomic E-state index is 11.2. The molecule has 0 amide bonds. The summed E-state index contributed by atoms with van der Waals surface area (Å²) < 4.78 is 32.5. The van der Waals surface area contributed by atoms with Gasteiger partial charge in [0.15, 0.2) is 0 Å². The molecule has 90 valence electrons. The molecule has 0 unspecified atom stereocenters. The summed E-state index contributed by atoms with van der Waals surface area (Å²) in [4.78, 5) is -0.122. The Morgan fingerprint density at radius 1 is 1.31 bits per heavy atom. The number of sulfonamides is 1. The van der Waals surface area contributed by atoms with Gasteiger partial charge in [-0.15, -0.1) is 0 Å². The predicted octanol–water partition coefficient (Wildman–Crippen LogP) is -0.0586. The third kappa shape index (κ3) is 3.37. The molecule has 0 saturated heterocycles. The lowest BCUT2D eigenvalue weighted by Gasteiger charge is -2.10. The first-order chi connectivity index (χ1) is 7.45. The lowest BCUT2D eigenvalue weighted by Crippen LogP contribution is -2.15. The maximum Gasteiger partial charge on any atom is 0.241 e. The number of benzene rings is 1. The van der Waals surface area contributed by atoms with Crippen molar-refractivity contribution >= 4 is 15.7 Å². The second kappa shape index (κ2) is 5.15. The van der Waals surface area contributed by atoms with Crippen molar-refractivity contribution in [3.05, 3.63) is 18.2 Å². The van der Waals surface area contributed by atoms with Crippen LogP contribution in [0.2, 0.25) is 0 Å². The van der Waals surface area contributed by atoms with E-state index in [0.717, 1.165) is 0 Å². The molecule has 1 rings (SSSR count). The van der Waals surface area contributed by atoms with Gasteiger partial charge in [-0.2, -0.15) is 0 Å². The zero-order chi connectivity index (χ0) is 12.2. The van der Waals surface area contributed by atoms with Crippen LogP contribution in [0.25, 0.3) is 0 Å². The molecule has 1 aromatic carbocycles. The predicted molar refractivity (Wildman–Crippen MR) is 59.6 cm³/mol. The highest BCUT2D eigenvalue weighted by atomic mass is 32.2. The standard InChI is InChI=1S/C9H14N2O4S/c1-14-4-5-15-8-3-2-7(10)6-9(8)16(11,12)13/h2-3,6H,4-5,10H2,1H3,(H2,11,12,13). The molecule has 0 saturated carbocycles. The van der Waals surface area contributed by atoms with Crippen LogP contribution in [-0.2, 0) is 14.8 Å². The number of nitrogen functional groups attached to an aromatic ring is 1. The molecule has 1 aromatic rings. The van der Waals surface area contributed by atoms with Crippen molar-refractivity contribution < 1.29 is 17.9 Å². The Balaban J connectivity index is 2.99. The molecule has 4 N–H and O–H groups in total. The number of methoxy groups -OCH3 is 1. The monoisotopic (exact) mass is 246 g/mol. The molecule has 7 heteroatoms. The van der Waals surface area contributed by atoms with Crippen molar-refractivity contribution in [2.75, 3.05) is 26.1 Å². The van der Waals surface area contributed by atoms with Crippen LogP contribution in [0.1, 0.15) is 0 Å².